The number of fused-ring (bicyclic) bond motifs is 1. The number of tetrazole rings is 1. The summed E-state index contributed by atoms with van der Waals surface area (Å²) in [4.78, 5) is 38.6. The third kappa shape index (κ3) is 6.42. The summed E-state index contributed by atoms with van der Waals surface area (Å²) in [5.74, 6) is -0.496. The van der Waals surface area contributed by atoms with Crippen molar-refractivity contribution in [2.24, 2.45) is 0 Å². The molecule has 1 aromatic heterocycles. The van der Waals surface area contributed by atoms with Gasteiger partial charge in [-0.15, -0.1) is 5.10 Å². The molecule has 1 aliphatic carbocycles. The number of nitrogens with zero attached hydrogens (tertiary/aromatic N) is 4. The first-order valence-electron chi connectivity index (χ1n) is 12.4. The van der Waals surface area contributed by atoms with Crippen LogP contribution in [0.5, 0.6) is 0 Å². The molecule has 1 atom stereocenters. The van der Waals surface area contributed by atoms with Gasteiger partial charge in [-0.1, -0.05) is 72.3 Å². The van der Waals surface area contributed by atoms with Crippen LogP contribution in [0.3, 0.4) is 0 Å². The zero-order valence-corrected chi connectivity index (χ0v) is 21.6. The third-order valence-corrected chi connectivity index (χ3v) is 6.62. The summed E-state index contributed by atoms with van der Waals surface area (Å²) in [5, 5.41) is 14.6. The van der Waals surface area contributed by atoms with Crippen LogP contribution in [0, 0.1) is 0 Å². The maximum absolute atomic E-state index is 13.4. The second-order valence-electron chi connectivity index (χ2n) is 9.14. The van der Waals surface area contributed by atoms with Crippen molar-refractivity contribution in [1.29, 1.82) is 0 Å². The van der Waals surface area contributed by atoms with Crippen molar-refractivity contribution in [1.82, 2.24) is 25.5 Å². The van der Waals surface area contributed by atoms with E-state index in [-0.39, 0.29) is 18.0 Å². The Bertz CT molecular complexity index is 1580. The minimum Gasteiger partial charge on any atom is -0.342 e. The van der Waals surface area contributed by atoms with Gasteiger partial charge in [0.05, 0.1) is 11.7 Å². The number of hydrogen-bond donors (Lipinski definition) is 1. The highest BCUT2D eigenvalue weighted by molar-refractivity contribution is 6.30. The van der Waals surface area contributed by atoms with Gasteiger partial charge in [0.2, 0.25) is 5.91 Å². The normalized spacial score (nSPS) is 13.3. The van der Waals surface area contributed by atoms with Crippen LogP contribution in [0.2, 0.25) is 5.02 Å². The summed E-state index contributed by atoms with van der Waals surface area (Å²) in [6.45, 7) is 0. The average molecular weight is 538 g/mol. The van der Waals surface area contributed by atoms with E-state index in [1.807, 2.05) is 48.6 Å². The largest absolute Gasteiger partial charge is 0.342 e. The molecule has 9 heteroatoms. The van der Waals surface area contributed by atoms with Gasteiger partial charge in [0.15, 0.2) is 11.6 Å². The van der Waals surface area contributed by atoms with Crippen LogP contribution < -0.4 is 5.32 Å². The van der Waals surface area contributed by atoms with Crippen molar-refractivity contribution in [3.8, 4) is 5.69 Å². The first-order chi connectivity index (χ1) is 19.0. The second-order valence-corrected chi connectivity index (χ2v) is 9.57. The summed E-state index contributed by atoms with van der Waals surface area (Å²) in [6.07, 6.45) is 8.99. The van der Waals surface area contributed by atoms with Crippen molar-refractivity contribution >= 4 is 41.2 Å². The van der Waals surface area contributed by atoms with Crippen LogP contribution in [-0.4, -0.2) is 43.7 Å². The molecule has 4 aromatic rings. The number of halogens is 1. The molecule has 0 unspecified atom stereocenters. The van der Waals surface area contributed by atoms with Gasteiger partial charge < -0.3 is 5.32 Å². The van der Waals surface area contributed by atoms with Gasteiger partial charge in [-0.2, -0.15) is 4.68 Å². The maximum atomic E-state index is 13.4. The van der Waals surface area contributed by atoms with E-state index in [0.29, 0.717) is 34.7 Å². The van der Waals surface area contributed by atoms with E-state index < -0.39 is 11.9 Å². The molecule has 5 rings (SSSR count). The number of allylic oxidation sites excluding steroid dienone is 1. The van der Waals surface area contributed by atoms with E-state index in [0.717, 1.165) is 16.7 Å². The number of aromatic nitrogens is 4. The predicted octanol–water partition coefficient (Wildman–Crippen LogP) is 4.47. The molecule has 8 nitrogen and oxygen atoms in total. The van der Waals surface area contributed by atoms with Gasteiger partial charge in [-0.05, 0) is 57.8 Å². The molecular formula is C30H24ClN5O3. The lowest BCUT2D eigenvalue weighted by molar-refractivity contribution is -0.125. The Labute approximate surface area is 230 Å². The second kappa shape index (κ2) is 11.8. The number of Topliss-reactive ketones (excluding diaryl/α,β-unsaturated/α-hetero) is 2. The standard InChI is InChI=1S/C30H24ClN5O3/c31-24-11-13-27(36-19-32-34-35-36)23(18-24)10-14-30(39)33-26(16-20-5-2-1-3-6-20)29(38)17-21-9-12-25-22(15-21)7-4-8-28(25)37/h1-7,9-15,18-19,26H,8,16-17H2,(H,33,39)/b14-10+/t26-/m0/s1. The van der Waals surface area contributed by atoms with Crippen LogP contribution in [-0.2, 0) is 22.4 Å². The number of carbonyl (C=O) groups is 3. The Balaban J connectivity index is 1.35. The molecule has 194 valence electrons. The monoisotopic (exact) mass is 537 g/mol. The van der Waals surface area contributed by atoms with Crippen LogP contribution in [0.15, 0.2) is 85.2 Å². The van der Waals surface area contributed by atoms with E-state index in [1.54, 1.807) is 36.4 Å². The number of amides is 1. The highest BCUT2D eigenvalue weighted by Crippen LogP contribution is 2.22. The zero-order valence-electron chi connectivity index (χ0n) is 20.8. The molecule has 3 aromatic carbocycles. The smallest absolute Gasteiger partial charge is 0.244 e. The fraction of sp³-hybridized carbons (Fsp3) is 0.133. The van der Waals surface area contributed by atoms with Gasteiger partial charge in [0.25, 0.3) is 0 Å². The predicted molar refractivity (Wildman–Crippen MR) is 148 cm³/mol. The van der Waals surface area contributed by atoms with Crippen molar-refractivity contribution in [2.45, 2.75) is 25.3 Å². The molecular weight excluding hydrogens is 514 g/mol. The average Bonchev–Trinajstić information content (AvgIpc) is 3.47. The maximum Gasteiger partial charge on any atom is 0.244 e. The lowest BCUT2D eigenvalue weighted by Gasteiger charge is -2.18. The SMILES string of the molecule is O=C(/C=C/c1cc(Cl)ccc1-n1cnnn1)N[C@@H](Cc1ccccc1)C(=O)Cc1ccc2c(c1)C=CCC2=O. The van der Waals surface area contributed by atoms with Gasteiger partial charge in [-0.25, -0.2) is 0 Å². The molecule has 0 spiro atoms. The summed E-state index contributed by atoms with van der Waals surface area (Å²) in [5.41, 5.74) is 4.46. The molecule has 0 bridgehead atoms. The Hall–Kier alpha value is -4.69. The van der Waals surface area contributed by atoms with Crippen LogP contribution in [0.25, 0.3) is 17.8 Å². The van der Waals surface area contributed by atoms with Gasteiger partial charge in [0.1, 0.15) is 6.33 Å². The van der Waals surface area contributed by atoms with Crippen LogP contribution in [0.1, 0.15) is 39.0 Å². The highest BCUT2D eigenvalue weighted by atomic mass is 35.5. The number of nitrogens with one attached hydrogen (secondary N) is 1. The quantitative estimate of drug-likeness (QED) is 0.316. The van der Waals surface area contributed by atoms with Gasteiger partial charge in [0, 0.05) is 35.1 Å². The molecule has 0 radical (unpaired) electrons. The number of ketones is 2. The fourth-order valence-electron chi connectivity index (χ4n) is 4.46. The van der Waals surface area contributed by atoms with E-state index >= 15 is 0 Å². The van der Waals surface area contributed by atoms with Crippen molar-refractivity contribution in [3.63, 3.8) is 0 Å². The van der Waals surface area contributed by atoms with Gasteiger partial charge >= 0.3 is 0 Å². The van der Waals surface area contributed by atoms with E-state index in [9.17, 15) is 14.4 Å². The van der Waals surface area contributed by atoms with Gasteiger partial charge in [-0.3, -0.25) is 14.4 Å². The summed E-state index contributed by atoms with van der Waals surface area (Å²) >= 11 is 6.18. The Morgan fingerprint density at radius 1 is 1.05 bits per heavy atom. The van der Waals surface area contributed by atoms with Crippen molar-refractivity contribution < 1.29 is 14.4 Å². The van der Waals surface area contributed by atoms with Crippen LogP contribution >= 0.6 is 11.6 Å². The number of hydrogen-bond acceptors (Lipinski definition) is 6. The minimum atomic E-state index is -0.754. The molecule has 1 aliphatic rings. The summed E-state index contributed by atoms with van der Waals surface area (Å²) < 4.78 is 1.47. The Morgan fingerprint density at radius 2 is 1.90 bits per heavy atom. The Kier molecular flexibility index (Phi) is 7.84. The van der Waals surface area contributed by atoms with E-state index in [4.69, 9.17) is 11.6 Å². The summed E-state index contributed by atoms with van der Waals surface area (Å²) in [6, 6.07) is 19.4. The molecule has 39 heavy (non-hydrogen) atoms. The molecule has 1 amide bonds. The molecule has 1 N–H and O–H groups in total. The molecule has 0 aliphatic heterocycles. The van der Waals surface area contributed by atoms with E-state index in [1.165, 1.54) is 17.1 Å². The molecule has 1 heterocycles. The van der Waals surface area contributed by atoms with Crippen molar-refractivity contribution in [3.05, 3.63) is 118 Å². The lowest BCUT2D eigenvalue weighted by atomic mass is 9.92. The highest BCUT2D eigenvalue weighted by Gasteiger charge is 2.22. The number of benzene rings is 3. The minimum absolute atomic E-state index is 0.0642. The molecule has 0 saturated carbocycles. The zero-order chi connectivity index (χ0) is 27.2. The molecule has 0 fully saturated rings. The molecule has 0 saturated heterocycles. The third-order valence-electron chi connectivity index (χ3n) is 6.38. The first kappa shape index (κ1) is 25.9. The first-order valence-corrected chi connectivity index (χ1v) is 12.7. The van der Waals surface area contributed by atoms with Crippen molar-refractivity contribution in [2.75, 3.05) is 0 Å². The lowest BCUT2D eigenvalue weighted by Crippen LogP contribution is -2.42. The Morgan fingerprint density at radius 3 is 2.69 bits per heavy atom. The number of carbonyl (C=O) groups excluding carboxylic acids is 3. The summed E-state index contributed by atoms with van der Waals surface area (Å²) in [7, 11) is 0. The topological polar surface area (TPSA) is 107 Å². The van der Waals surface area contributed by atoms with Crippen LogP contribution in [0.4, 0.5) is 0 Å². The number of rotatable bonds is 9. The fourth-order valence-corrected chi connectivity index (χ4v) is 4.64. The van der Waals surface area contributed by atoms with E-state index in [2.05, 4.69) is 20.8 Å².